The van der Waals surface area contributed by atoms with Crippen molar-refractivity contribution >= 4 is 15.9 Å². The van der Waals surface area contributed by atoms with E-state index in [4.69, 9.17) is 4.74 Å². The number of aryl methyl sites for hydroxylation is 1. The normalized spacial score (nSPS) is 20.5. The molecule has 1 aliphatic rings. The molecule has 0 radical (unpaired) electrons. The Labute approximate surface area is 97.6 Å². The molecule has 15 heavy (non-hydrogen) atoms. The maximum atomic E-state index is 5.80. The maximum absolute atomic E-state index is 5.80. The van der Waals surface area contributed by atoms with E-state index in [1.807, 2.05) is 0 Å². The average molecular weight is 272 g/mol. The van der Waals surface area contributed by atoms with E-state index in [2.05, 4.69) is 38.1 Å². The van der Waals surface area contributed by atoms with Crippen LogP contribution in [-0.2, 0) is 6.42 Å². The van der Waals surface area contributed by atoms with Gasteiger partial charge in [-0.25, -0.2) is 9.97 Å². The molecule has 1 N–H and O–H groups in total. The highest BCUT2D eigenvalue weighted by Gasteiger charge is 2.18. The highest BCUT2D eigenvalue weighted by molar-refractivity contribution is 9.10. The summed E-state index contributed by atoms with van der Waals surface area (Å²) in [5, 5.41) is 3.26. The van der Waals surface area contributed by atoms with Crippen LogP contribution in [0.15, 0.2) is 10.8 Å². The van der Waals surface area contributed by atoms with Gasteiger partial charge in [0, 0.05) is 6.54 Å². The molecule has 0 aliphatic carbocycles. The Hall–Kier alpha value is -0.680. The van der Waals surface area contributed by atoms with Crippen LogP contribution in [0, 0.1) is 0 Å². The summed E-state index contributed by atoms with van der Waals surface area (Å²) in [5.41, 5.74) is 0.913. The monoisotopic (exact) mass is 271 g/mol. The summed E-state index contributed by atoms with van der Waals surface area (Å²) in [6, 6.07) is 0. The van der Waals surface area contributed by atoms with Gasteiger partial charge in [-0.05, 0) is 35.3 Å². The van der Waals surface area contributed by atoms with Crippen molar-refractivity contribution in [2.24, 2.45) is 0 Å². The Morgan fingerprint density at radius 3 is 3.20 bits per heavy atom. The highest BCUT2D eigenvalue weighted by atomic mass is 79.9. The van der Waals surface area contributed by atoms with Gasteiger partial charge in [0.05, 0.1) is 6.20 Å². The molecule has 1 unspecified atom stereocenters. The van der Waals surface area contributed by atoms with E-state index in [0.717, 1.165) is 36.2 Å². The Kier molecular flexibility index (Phi) is 3.53. The lowest BCUT2D eigenvalue weighted by atomic mass is 10.3. The third kappa shape index (κ3) is 2.66. The first-order valence-electron chi connectivity index (χ1n) is 5.18. The molecule has 0 bridgehead atoms. The molecule has 1 saturated heterocycles. The Balaban J connectivity index is 2.12. The molecule has 0 saturated carbocycles. The van der Waals surface area contributed by atoms with Gasteiger partial charge < -0.3 is 10.1 Å². The molecule has 82 valence electrons. The Bertz CT molecular complexity index is 339. The van der Waals surface area contributed by atoms with E-state index in [1.54, 1.807) is 6.20 Å². The van der Waals surface area contributed by atoms with Crippen molar-refractivity contribution in [1.82, 2.24) is 15.3 Å². The van der Waals surface area contributed by atoms with Gasteiger partial charge in [0.1, 0.15) is 16.4 Å². The second-order valence-corrected chi connectivity index (χ2v) is 4.34. The van der Waals surface area contributed by atoms with E-state index < -0.39 is 0 Å². The van der Waals surface area contributed by atoms with Gasteiger partial charge >= 0.3 is 0 Å². The largest absolute Gasteiger partial charge is 0.472 e. The van der Waals surface area contributed by atoms with Crippen molar-refractivity contribution in [1.29, 1.82) is 0 Å². The minimum Gasteiger partial charge on any atom is -0.472 e. The van der Waals surface area contributed by atoms with Crippen LogP contribution < -0.4 is 10.1 Å². The minimum atomic E-state index is 0.241. The number of nitrogens with zero attached hydrogens (tertiary/aromatic N) is 2. The second kappa shape index (κ2) is 4.90. The minimum absolute atomic E-state index is 0.241. The first kappa shape index (κ1) is 10.8. The molecular weight excluding hydrogens is 258 g/mol. The predicted octanol–water partition coefficient (Wildman–Crippen LogP) is 1.54. The fourth-order valence-corrected chi connectivity index (χ4v) is 1.92. The maximum Gasteiger partial charge on any atom is 0.236 e. The molecule has 2 heterocycles. The summed E-state index contributed by atoms with van der Waals surface area (Å²) in [5.74, 6) is 0.675. The van der Waals surface area contributed by atoms with Crippen molar-refractivity contribution in [2.45, 2.75) is 25.9 Å². The summed E-state index contributed by atoms with van der Waals surface area (Å²) in [4.78, 5) is 8.60. The number of nitrogens with one attached hydrogen (secondary N) is 1. The summed E-state index contributed by atoms with van der Waals surface area (Å²) >= 11 is 3.31. The van der Waals surface area contributed by atoms with Gasteiger partial charge in [0.15, 0.2) is 0 Å². The SMILES string of the molecule is CCc1nc(Br)cnc1OC1CCNC1. The number of hydrogen-bond acceptors (Lipinski definition) is 4. The van der Waals surface area contributed by atoms with E-state index >= 15 is 0 Å². The van der Waals surface area contributed by atoms with Crippen molar-refractivity contribution in [2.75, 3.05) is 13.1 Å². The fourth-order valence-electron chi connectivity index (χ4n) is 1.61. The van der Waals surface area contributed by atoms with E-state index in [-0.39, 0.29) is 6.10 Å². The molecule has 0 spiro atoms. The van der Waals surface area contributed by atoms with Crippen molar-refractivity contribution in [3.05, 3.63) is 16.5 Å². The zero-order chi connectivity index (χ0) is 10.7. The lowest BCUT2D eigenvalue weighted by Crippen LogP contribution is -2.21. The second-order valence-electron chi connectivity index (χ2n) is 3.53. The van der Waals surface area contributed by atoms with Crippen molar-refractivity contribution < 1.29 is 4.74 Å². The molecule has 5 heteroatoms. The average Bonchev–Trinajstić information content (AvgIpc) is 2.73. The molecule has 1 aromatic rings. The third-order valence-electron chi connectivity index (χ3n) is 2.41. The zero-order valence-electron chi connectivity index (χ0n) is 8.66. The molecule has 4 nitrogen and oxygen atoms in total. The van der Waals surface area contributed by atoms with Gasteiger partial charge in [-0.15, -0.1) is 0 Å². The van der Waals surface area contributed by atoms with Crippen LogP contribution in [0.25, 0.3) is 0 Å². The van der Waals surface area contributed by atoms with Gasteiger partial charge in [0.25, 0.3) is 0 Å². The topological polar surface area (TPSA) is 47.0 Å². The number of rotatable bonds is 3. The van der Waals surface area contributed by atoms with Crippen LogP contribution in [0.4, 0.5) is 0 Å². The first-order valence-corrected chi connectivity index (χ1v) is 5.97. The summed E-state index contributed by atoms with van der Waals surface area (Å²) in [6.45, 7) is 3.98. The number of ether oxygens (including phenoxy) is 1. The molecule has 1 fully saturated rings. The van der Waals surface area contributed by atoms with Crippen LogP contribution in [0.5, 0.6) is 5.88 Å². The van der Waals surface area contributed by atoms with Gasteiger partial charge in [-0.3, -0.25) is 0 Å². The van der Waals surface area contributed by atoms with Crippen LogP contribution in [0.2, 0.25) is 0 Å². The zero-order valence-corrected chi connectivity index (χ0v) is 10.2. The van der Waals surface area contributed by atoms with Crippen LogP contribution >= 0.6 is 15.9 Å². The first-order chi connectivity index (χ1) is 7.29. The summed E-state index contributed by atoms with van der Waals surface area (Å²) in [7, 11) is 0. The highest BCUT2D eigenvalue weighted by Crippen LogP contribution is 2.19. The van der Waals surface area contributed by atoms with Gasteiger partial charge in [0.2, 0.25) is 5.88 Å². The molecular formula is C10H14BrN3O. The lowest BCUT2D eigenvalue weighted by molar-refractivity contribution is 0.210. The number of halogens is 1. The smallest absolute Gasteiger partial charge is 0.236 e. The standard InChI is InChI=1S/C10H14BrN3O/c1-2-8-10(13-6-9(11)14-8)15-7-3-4-12-5-7/h6-7,12H,2-5H2,1H3. The Morgan fingerprint density at radius 1 is 1.67 bits per heavy atom. The van der Waals surface area contributed by atoms with Gasteiger partial charge in [-0.1, -0.05) is 6.92 Å². The molecule has 2 rings (SSSR count). The summed E-state index contributed by atoms with van der Waals surface area (Å²) in [6.07, 6.45) is 3.80. The molecule has 1 aromatic heterocycles. The predicted molar refractivity (Wildman–Crippen MR) is 61.0 cm³/mol. The number of hydrogen-bond donors (Lipinski definition) is 1. The van der Waals surface area contributed by atoms with Crippen LogP contribution in [-0.4, -0.2) is 29.2 Å². The van der Waals surface area contributed by atoms with Crippen molar-refractivity contribution in [3.63, 3.8) is 0 Å². The Morgan fingerprint density at radius 2 is 2.53 bits per heavy atom. The van der Waals surface area contributed by atoms with E-state index in [0.29, 0.717) is 5.88 Å². The number of aromatic nitrogens is 2. The van der Waals surface area contributed by atoms with E-state index in [9.17, 15) is 0 Å². The van der Waals surface area contributed by atoms with Gasteiger partial charge in [-0.2, -0.15) is 0 Å². The lowest BCUT2D eigenvalue weighted by Gasteiger charge is -2.13. The van der Waals surface area contributed by atoms with E-state index in [1.165, 1.54) is 0 Å². The van der Waals surface area contributed by atoms with Crippen LogP contribution in [0.3, 0.4) is 0 Å². The fraction of sp³-hybridized carbons (Fsp3) is 0.600. The molecule has 1 aliphatic heterocycles. The third-order valence-corrected chi connectivity index (χ3v) is 2.79. The molecule has 0 aromatic carbocycles. The quantitative estimate of drug-likeness (QED) is 0.906. The van der Waals surface area contributed by atoms with Crippen LogP contribution in [0.1, 0.15) is 19.0 Å². The molecule has 0 amide bonds. The van der Waals surface area contributed by atoms with Crippen molar-refractivity contribution in [3.8, 4) is 5.88 Å². The molecule has 1 atom stereocenters. The summed E-state index contributed by atoms with van der Waals surface area (Å²) < 4.78 is 6.56.